The average molecular weight is 553 g/mol. The lowest BCUT2D eigenvalue weighted by Gasteiger charge is -2.32. The Morgan fingerprint density at radius 3 is 2.28 bits per heavy atom. The highest BCUT2D eigenvalue weighted by Crippen LogP contribution is 2.35. The second-order valence-electron chi connectivity index (χ2n) is 8.71. The number of primary amides is 1. The third kappa shape index (κ3) is 6.52. The minimum Gasteiger partial charge on any atom is -0.465 e. The SMILES string of the molecule is CCOC(=O)CNC(=O)[C@@H](c1ccc(N(C)C)cc1)N(C(=O)c1snc(C(N)=O)c1N)c1ccccc1CC. The summed E-state index contributed by atoms with van der Waals surface area (Å²) in [5.41, 5.74) is 13.7. The van der Waals surface area contributed by atoms with Crippen molar-refractivity contribution in [3.63, 3.8) is 0 Å². The molecule has 11 nitrogen and oxygen atoms in total. The molecule has 1 heterocycles. The fraction of sp³-hybridized carbons (Fsp3) is 0.296. The molecule has 3 aromatic rings. The molecule has 2 aromatic carbocycles. The van der Waals surface area contributed by atoms with Crippen molar-refractivity contribution >= 4 is 52.3 Å². The van der Waals surface area contributed by atoms with E-state index in [9.17, 15) is 19.2 Å². The lowest BCUT2D eigenvalue weighted by atomic mass is 10.00. The van der Waals surface area contributed by atoms with E-state index in [4.69, 9.17) is 16.2 Å². The van der Waals surface area contributed by atoms with E-state index in [2.05, 4.69) is 9.69 Å². The normalized spacial score (nSPS) is 11.4. The predicted octanol–water partition coefficient (Wildman–Crippen LogP) is 2.52. The molecule has 5 N–H and O–H groups in total. The Labute approximate surface area is 230 Å². The van der Waals surface area contributed by atoms with Crippen molar-refractivity contribution in [2.45, 2.75) is 26.3 Å². The van der Waals surface area contributed by atoms with E-state index in [1.807, 2.05) is 50.2 Å². The summed E-state index contributed by atoms with van der Waals surface area (Å²) in [7, 11) is 3.77. The first-order chi connectivity index (χ1) is 18.6. The largest absolute Gasteiger partial charge is 0.465 e. The number of amides is 3. The highest BCUT2D eigenvalue weighted by molar-refractivity contribution is 7.09. The number of nitrogen functional groups attached to an aromatic ring is 1. The van der Waals surface area contributed by atoms with Crippen LogP contribution >= 0.6 is 11.5 Å². The van der Waals surface area contributed by atoms with Gasteiger partial charge in [0.15, 0.2) is 5.69 Å². The van der Waals surface area contributed by atoms with Crippen LogP contribution in [0.5, 0.6) is 0 Å². The van der Waals surface area contributed by atoms with E-state index in [-0.39, 0.29) is 29.4 Å². The number of aryl methyl sites for hydroxylation is 1. The van der Waals surface area contributed by atoms with E-state index in [1.165, 1.54) is 4.90 Å². The van der Waals surface area contributed by atoms with Gasteiger partial charge in [-0.15, -0.1) is 0 Å². The van der Waals surface area contributed by atoms with Crippen LogP contribution < -0.4 is 26.6 Å². The average Bonchev–Trinajstić information content (AvgIpc) is 3.31. The number of ether oxygens (including phenoxy) is 1. The van der Waals surface area contributed by atoms with Crippen LogP contribution in [0.3, 0.4) is 0 Å². The monoisotopic (exact) mass is 552 g/mol. The summed E-state index contributed by atoms with van der Waals surface area (Å²) in [6.45, 7) is 3.36. The maximum absolute atomic E-state index is 14.2. The zero-order chi connectivity index (χ0) is 28.7. The number of esters is 1. The predicted molar refractivity (Wildman–Crippen MR) is 151 cm³/mol. The molecule has 0 radical (unpaired) electrons. The fourth-order valence-electron chi connectivity index (χ4n) is 3.99. The van der Waals surface area contributed by atoms with Crippen LogP contribution in [0.15, 0.2) is 48.5 Å². The molecule has 0 aliphatic rings. The summed E-state index contributed by atoms with van der Waals surface area (Å²) in [4.78, 5) is 55.0. The van der Waals surface area contributed by atoms with Gasteiger partial charge in [-0.05, 0) is 54.2 Å². The Hall–Kier alpha value is -4.45. The van der Waals surface area contributed by atoms with E-state index in [1.54, 1.807) is 31.2 Å². The number of nitrogens with one attached hydrogen (secondary N) is 1. The number of hydrogen-bond donors (Lipinski definition) is 3. The zero-order valence-electron chi connectivity index (χ0n) is 22.3. The topological polar surface area (TPSA) is 161 Å². The molecule has 0 saturated carbocycles. The molecule has 1 atom stereocenters. The molecule has 0 fully saturated rings. The van der Waals surface area contributed by atoms with Crippen molar-refractivity contribution in [1.29, 1.82) is 0 Å². The van der Waals surface area contributed by atoms with Crippen LogP contribution in [-0.2, 0) is 20.7 Å². The van der Waals surface area contributed by atoms with Crippen molar-refractivity contribution in [2.75, 3.05) is 42.8 Å². The summed E-state index contributed by atoms with van der Waals surface area (Å²) in [6.07, 6.45) is 0.557. The summed E-state index contributed by atoms with van der Waals surface area (Å²) in [5, 5.41) is 2.60. The van der Waals surface area contributed by atoms with Gasteiger partial charge in [0.1, 0.15) is 17.5 Å². The third-order valence-corrected chi connectivity index (χ3v) is 6.80. The zero-order valence-corrected chi connectivity index (χ0v) is 23.1. The second-order valence-corrected chi connectivity index (χ2v) is 9.48. The lowest BCUT2D eigenvalue weighted by molar-refractivity contribution is -0.143. The molecular weight excluding hydrogens is 520 g/mol. The summed E-state index contributed by atoms with van der Waals surface area (Å²) in [5.74, 6) is -2.74. The van der Waals surface area contributed by atoms with Gasteiger partial charge in [0, 0.05) is 25.5 Å². The van der Waals surface area contributed by atoms with E-state index < -0.39 is 29.7 Å². The van der Waals surface area contributed by atoms with E-state index in [0.29, 0.717) is 17.7 Å². The van der Waals surface area contributed by atoms with Crippen LogP contribution in [0, 0.1) is 0 Å². The van der Waals surface area contributed by atoms with Gasteiger partial charge >= 0.3 is 5.97 Å². The molecule has 206 valence electrons. The van der Waals surface area contributed by atoms with E-state index >= 15 is 0 Å². The second kappa shape index (κ2) is 12.9. The van der Waals surface area contributed by atoms with Crippen molar-refractivity contribution in [1.82, 2.24) is 9.69 Å². The van der Waals surface area contributed by atoms with Crippen LogP contribution in [0.1, 0.15) is 51.2 Å². The minimum absolute atomic E-state index is 0.0391. The number of nitrogens with zero attached hydrogens (tertiary/aromatic N) is 3. The molecule has 0 bridgehead atoms. The van der Waals surface area contributed by atoms with Gasteiger partial charge in [-0.2, -0.15) is 4.37 Å². The number of hydrogen-bond acceptors (Lipinski definition) is 9. The Kier molecular flexibility index (Phi) is 9.61. The standard InChI is InChI=1S/C27H32N6O5S/c1-5-16-9-7-8-10-19(16)33(27(37)24-21(28)22(25(29)35)31-39-24)23(26(36)30-15-20(34)38-6-2)17-11-13-18(14-12-17)32(3)4/h7-14,23H,5-6,15,28H2,1-4H3,(H2,29,35)(H,30,36)/t23-/m1/s1. The van der Waals surface area contributed by atoms with Crippen molar-refractivity contribution < 1.29 is 23.9 Å². The van der Waals surface area contributed by atoms with Gasteiger partial charge < -0.3 is 26.4 Å². The maximum Gasteiger partial charge on any atom is 0.325 e. The van der Waals surface area contributed by atoms with Gasteiger partial charge in [-0.1, -0.05) is 37.3 Å². The number of carbonyl (C=O) groups is 4. The highest BCUT2D eigenvalue weighted by atomic mass is 32.1. The summed E-state index contributed by atoms with van der Waals surface area (Å²) < 4.78 is 8.92. The van der Waals surface area contributed by atoms with Crippen LogP contribution in [-0.4, -0.2) is 55.3 Å². The van der Waals surface area contributed by atoms with Gasteiger partial charge in [0.25, 0.3) is 11.8 Å². The minimum atomic E-state index is -1.21. The van der Waals surface area contributed by atoms with E-state index in [0.717, 1.165) is 22.8 Å². The first-order valence-electron chi connectivity index (χ1n) is 12.3. The Morgan fingerprint density at radius 1 is 1.05 bits per heavy atom. The first kappa shape index (κ1) is 29.1. The number of nitrogens with two attached hydrogens (primary N) is 2. The molecule has 12 heteroatoms. The quantitative estimate of drug-likeness (QED) is 0.306. The van der Waals surface area contributed by atoms with Gasteiger partial charge in [-0.3, -0.25) is 24.1 Å². The number of carbonyl (C=O) groups excluding carboxylic acids is 4. The fourth-order valence-corrected chi connectivity index (χ4v) is 4.73. The number of aromatic nitrogens is 1. The summed E-state index contributed by atoms with van der Waals surface area (Å²) in [6, 6.07) is 13.1. The molecule has 0 saturated heterocycles. The molecular formula is C27H32N6O5S. The number of anilines is 3. The maximum atomic E-state index is 14.2. The third-order valence-electron chi connectivity index (χ3n) is 5.95. The molecule has 39 heavy (non-hydrogen) atoms. The Bertz CT molecular complexity index is 1350. The molecule has 3 amide bonds. The van der Waals surface area contributed by atoms with Gasteiger partial charge in [0.2, 0.25) is 5.91 Å². The van der Waals surface area contributed by atoms with Gasteiger partial charge in [0.05, 0.1) is 12.3 Å². The van der Waals surface area contributed by atoms with Gasteiger partial charge in [-0.25, -0.2) is 0 Å². The highest BCUT2D eigenvalue weighted by Gasteiger charge is 2.37. The Balaban J connectivity index is 2.21. The smallest absolute Gasteiger partial charge is 0.325 e. The molecule has 3 rings (SSSR count). The molecule has 0 unspecified atom stereocenters. The van der Waals surface area contributed by atoms with Crippen molar-refractivity contribution in [3.05, 3.63) is 70.2 Å². The molecule has 0 aliphatic carbocycles. The molecule has 0 spiro atoms. The van der Waals surface area contributed by atoms with Crippen LogP contribution in [0.2, 0.25) is 0 Å². The van der Waals surface area contributed by atoms with Crippen molar-refractivity contribution in [2.24, 2.45) is 5.73 Å². The van der Waals surface area contributed by atoms with Crippen molar-refractivity contribution in [3.8, 4) is 0 Å². The number of para-hydroxylation sites is 1. The summed E-state index contributed by atoms with van der Waals surface area (Å²) >= 11 is 0.725. The molecule has 0 aliphatic heterocycles. The lowest BCUT2D eigenvalue weighted by Crippen LogP contribution is -2.45. The van der Waals surface area contributed by atoms with Crippen LogP contribution in [0.4, 0.5) is 17.1 Å². The first-order valence-corrected chi connectivity index (χ1v) is 13.0. The Morgan fingerprint density at radius 2 is 1.72 bits per heavy atom. The number of benzene rings is 2. The van der Waals surface area contributed by atoms with Crippen LogP contribution in [0.25, 0.3) is 0 Å². The molecule has 1 aromatic heterocycles. The number of rotatable bonds is 11.